The van der Waals surface area contributed by atoms with Crippen molar-refractivity contribution in [3.63, 3.8) is 0 Å². The summed E-state index contributed by atoms with van der Waals surface area (Å²) in [6, 6.07) is 0. The number of aliphatic hydroxyl groups excluding tert-OH is 1. The molecule has 2 rings (SSSR count). The summed E-state index contributed by atoms with van der Waals surface area (Å²) in [6.45, 7) is 8.34. The zero-order valence-corrected chi connectivity index (χ0v) is 9.46. The third-order valence-electron chi connectivity index (χ3n) is 3.96. The van der Waals surface area contributed by atoms with Crippen LogP contribution in [0.4, 0.5) is 0 Å². The van der Waals surface area contributed by atoms with Crippen LogP contribution in [0.3, 0.4) is 0 Å². The first-order valence-corrected chi connectivity index (χ1v) is 5.30. The summed E-state index contributed by atoms with van der Waals surface area (Å²) in [6.07, 6.45) is 2.03. The van der Waals surface area contributed by atoms with Crippen molar-refractivity contribution >= 4 is 7.12 Å². The van der Waals surface area contributed by atoms with Gasteiger partial charge in [0, 0.05) is 11.9 Å². The second-order valence-corrected chi connectivity index (χ2v) is 5.61. The maximum Gasteiger partial charge on any atom is 0.466 e. The van der Waals surface area contributed by atoms with Gasteiger partial charge in [-0.1, -0.05) is 0 Å². The molecule has 1 aliphatic carbocycles. The molecule has 1 aliphatic heterocycles. The lowest BCUT2D eigenvalue weighted by molar-refractivity contribution is 0.00578. The van der Waals surface area contributed by atoms with Gasteiger partial charge in [0.2, 0.25) is 0 Å². The smallest absolute Gasteiger partial charge is 0.403 e. The van der Waals surface area contributed by atoms with Crippen LogP contribution >= 0.6 is 0 Å². The quantitative estimate of drug-likeness (QED) is 0.685. The maximum atomic E-state index is 9.30. The van der Waals surface area contributed by atoms with Gasteiger partial charge in [-0.15, -0.1) is 0 Å². The van der Waals surface area contributed by atoms with Gasteiger partial charge in [0.1, 0.15) is 0 Å². The Bertz CT molecular complexity index is 230. The lowest BCUT2D eigenvalue weighted by atomic mass is 9.68. The van der Waals surface area contributed by atoms with Gasteiger partial charge in [-0.2, -0.15) is 0 Å². The fourth-order valence-electron chi connectivity index (χ4n) is 1.72. The highest BCUT2D eigenvalue weighted by atomic mass is 16.7. The van der Waals surface area contributed by atoms with E-state index in [1.807, 2.05) is 27.7 Å². The molecular formula is C10H19BO3. The van der Waals surface area contributed by atoms with E-state index in [-0.39, 0.29) is 30.2 Å². The van der Waals surface area contributed by atoms with Gasteiger partial charge in [0.25, 0.3) is 0 Å². The fourth-order valence-corrected chi connectivity index (χ4v) is 1.72. The maximum absolute atomic E-state index is 9.30. The molecule has 0 amide bonds. The molecule has 4 heteroatoms. The molecule has 0 aromatic heterocycles. The van der Waals surface area contributed by atoms with Crippen LogP contribution < -0.4 is 0 Å². The van der Waals surface area contributed by atoms with Crippen molar-refractivity contribution in [2.75, 3.05) is 6.61 Å². The van der Waals surface area contributed by atoms with Crippen molar-refractivity contribution in [2.45, 2.75) is 57.1 Å². The summed E-state index contributed by atoms with van der Waals surface area (Å²) >= 11 is 0. The van der Waals surface area contributed by atoms with E-state index in [0.717, 1.165) is 12.8 Å². The minimum atomic E-state index is -0.275. The average Bonchev–Trinajstić information content (AvgIpc) is 2.77. The second-order valence-electron chi connectivity index (χ2n) is 5.61. The summed E-state index contributed by atoms with van der Waals surface area (Å²) in [5, 5.41) is 9.19. The highest BCUT2D eigenvalue weighted by molar-refractivity contribution is 6.51. The summed E-state index contributed by atoms with van der Waals surface area (Å²) in [7, 11) is -0.225. The van der Waals surface area contributed by atoms with Gasteiger partial charge >= 0.3 is 7.12 Å². The first kappa shape index (κ1) is 10.5. The SMILES string of the molecule is CC1(C)OB(C2(CO)CC2)OC1(C)C. The van der Waals surface area contributed by atoms with Crippen LogP contribution in [0.25, 0.3) is 0 Å². The average molecular weight is 198 g/mol. The number of rotatable bonds is 2. The normalized spacial score (nSPS) is 31.9. The molecule has 14 heavy (non-hydrogen) atoms. The lowest BCUT2D eigenvalue weighted by Gasteiger charge is -2.32. The Morgan fingerprint density at radius 3 is 1.79 bits per heavy atom. The van der Waals surface area contributed by atoms with E-state index in [1.54, 1.807) is 0 Å². The van der Waals surface area contributed by atoms with Crippen LogP contribution in [0.1, 0.15) is 40.5 Å². The van der Waals surface area contributed by atoms with E-state index in [0.29, 0.717) is 0 Å². The molecule has 2 aliphatic rings. The Labute approximate surface area is 85.9 Å². The molecule has 0 spiro atoms. The molecule has 1 heterocycles. The zero-order valence-electron chi connectivity index (χ0n) is 9.46. The Morgan fingerprint density at radius 1 is 1.07 bits per heavy atom. The number of hydrogen-bond donors (Lipinski definition) is 1. The van der Waals surface area contributed by atoms with E-state index < -0.39 is 0 Å². The second kappa shape index (κ2) is 2.74. The number of hydrogen-bond acceptors (Lipinski definition) is 3. The lowest BCUT2D eigenvalue weighted by Crippen LogP contribution is -2.41. The van der Waals surface area contributed by atoms with Crippen LogP contribution in [-0.4, -0.2) is 30.0 Å². The summed E-state index contributed by atoms with van der Waals surface area (Å²) in [5.74, 6) is 0. The minimum Gasteiger partial charge on any atom is -0.403 e. The van der Waals surface area contributed by atoms with E-state index in [9.17, 15) is 5.11 Å². The van der Waals surface area contributed by atoms with Crippen molar-refractivity contribution in [1.82, 2.24) is 0 Å². The molecule has 80 valence electrons. The summed E-state index contributed by atoms with van der Waals surface area (Å²) < 4.78 is 11.8. The molecule has 2 fully saturated rings. The summed E-state index contributed by atoms with van der Waals surface area (Å²) in [4.78, 5) is 0. The molecule has 0 aromatic carbocycles. The standard InChI is InChI=1S/C10H19BO3/c1-8(2)9(3,4)14-11(13-8)10(7-12)5-6-10/h12H,5-7H2,1-4H3. The van der Waals surface area contributed by atoms with E-state index >= 15 is 0 Å². The van der Waals surface area contributed by atoms with Crippen molar-refractivity contribution < 1.29 is 14.4 Å². The topological polar surface area (TPSA) is 38.7 Å². The molecule has 1 saturated carbocycles. The first-order chi connectivity index (χ1) is 6.33. The van der Waals surface area contributed by atoms with Gasteiger partial charge in [0.15, 0.2) is 0 Å². The molecular weight excluding hydrogens is 179 g/mol. The molecule has 0 unspecified atom stereocenters. The van der Waals surface area contributed by atoms with Gasteiger partial charge in [-0.05, 0) is 40.5 Å². The highest BCUT2D eigenvalue weighted by Gasteiger charge is 2.64. The predicted octanol–water partition coefficient (Wildman–Crippen LogP) is 1.61. The van der Waals surface area contributed by atoms with Gasteiger partial charge in [-0.3, -0.25) is 0 Å². The Kier molecular flexibility index (Phi) is 2.05. The molecule has 0 atom stereocenters. The van der Waals surface area contributed by atoms with Crippen LogP contribution in [0.2, 0.25) is 5.31 Å². The van der Waals surface area contributed by atoms with Gasteiger partial charge in [0.05, 0.1) is 11.2 Å². The van der Waals surface area contributed by atoms with Crippen LogP contribution in [0.15, 0.2) is 0 Å². The van der Waals surface area contributed by atoms with Gasteiger partial charge in [-0.25, -0.2) is 0 Å². The fraction of sp³-hybridized carbons (Fsp3) is 1.00. The molecule has 0 radical (unpaired) electrons. The van der Waals surface area contributed by atoms with Crippen LogP contribution in [0, 0.1) is 0 Å². The van der Waals surface area contributed by atoms with Crippen LogP contribution in [0.5, 0.6) is 0 Å². The van der Waals surface area contributed by atoms with E-state index in [1.165, 1.54) is 0 Å². The third-order valence-corrected chi connectivity index (χ3v) is 3.96. The van der Waals surface area contributed by atoms with Crippen molar-refractivity contribution in [1.29, 1.82) is 0 Å². The largest absolute Gasteiger partial charge is 0.466 e. The number of aliphatic hydroxyl groups is 1. The third kappa shape index (κ3) is 1.32. The Morgan fingerprint density at radius 2 is 1.50 bits per heavy atom. The highest BCUT2D eigenvalue weighted by Crippen LogP contribution is 2.59. The van der Waals surface area contributed by atoms with Crippen molar-refractivity contribution in [3.8, 4) is 0 Å². The summed E-state index contributed by atoms with van der Waals surface area (Å²) in [5.41, 5.74) is -0.551. The molecule has 1 N–H and O–H groups in total. The van der Waals surface area contributed by atoms with E-state index in [4.69, 9.17) is 9.31 Å². The van der Waals surface area contributed by atoms with Gasteiger partial charge < -0.3 is 14.4 Å². The zero-order chi connectivity index (χ0) is 10.6. The van der Waals surface area contributed by atoms with E-state index in [2.05, 4.69) is 0 Å². The minimum absolute atomic E-state index is 0.106. The first-order valence-electron chi connectivity index (χ1n) is 5.30. The molecule has 0 aromatic rings. The Balaban J connectivity index is 2.14. The monoisotopic (exact) mass is 198 g/mol. The Hall–Kier alpha value is -0.0551. The molecule has 0 bridgehead atoms. The van der Waals surface area contributed by atoms with Crippen LogP contribution in [-0.2, 0) is 9.31 Å². The van der Waals surface area contributed by atoms with Crippen molar-refractivity contribution in [2.24, 2.45) is 0 Å². The molecule has 3 nitrogen and oxygen atoms in total. The predicted molar refractivity (Wildman–Crippen MR) is 55.1 cm³/mol. The van der Waals surface area contributed by atoms with Crippen molar-refractivity contribution in [3.05, 3.63) is 0 Å². The molecule has 1 saturated heterocycles.